The van der Waals surface area contributed by atoms with Gasteiger partial charge >= 0.3 is 0 Å². The molecule has 132 valence electrons. The molecule has 1 fully saturated rings. The summed E-state index contributed by atoms with van der Waals surface area (Å²) in [6.07, 6.45) is 2.84. The van der Waals surface area contributed by atoms with E-state index in [2.05, 4.69) is 5.32 Å². The smallest absolute Gasteiger partial charge is 0.255 e. The van der Waals surface area contributed by atoms with Crippen LogP contribution in [0.1, 0.15) is 36.5 Å². The van der Waals surface area contributed by atoms with Gasteiger partial charge in [-0.25, -0.2) is 8.42 Å². The lowest BCUT2D eigenvalue weighted by Crippen LogP contribution is -2.41. The molecule has 0 bridgehead atoms. The third kappa shape index (κ3) is 3.91. The number of para-hydroxylation sites is 1. The molecule has 2 aromatic carbocycles. The van der Waals surface area contributed by atoms with Crippen molar-refractivity contribution < 1.29 is 13.2 Å². The van der Waals surface area contributed by atoms with Crippen LogP contribution in [0.2, 0.25) is 0 Å². The van der Waals surface area contributed by atoms with E-state index >= 15 is 0 Å². The fraction of sp³-hybridized carbons (Fsp3) is 0.316. The Bertz CT molecular complexity index is 833. The van der Waals surface area contributed by atoms with E-state index in [1.807, 2.05) is 25.1 Å². The minimum absolute atomic E-state index is 0.0137. The monoisotopic (exact) mass is 358 g/mol. The van der Waals surface area contributed by atoms with Gasteiger partial charge in [-0.05, 0) is 56.2 Å². The molecule has 0 aromatic heterocycles. The summed E-state index contributed by atoms with van der Waals surface area (Å²) in [5, 5.41) is 2.79. The number of nitrogens with zero attached hydrogens (tertiary/aromatic N) is 1. The number of amides is 1. The van der Waals surface area contributed by atoms with Gasteiger partial charge in [0, 0.05) is 23.8 Å². The highest BCUT2D eigenvalue weighted by Crippen LogP contribution is 2.25. The number of carbonyl (C=O) groups is 1. The van der Waals surface area contributed by atoms with Crippen molar-refractivity contribution in [3.8, 4) is 0 Å². The first kappa shape index (κ1) is 17.6. The standard InChI is InChI=1S/C19H22N2O3S/c1-15-7-5-6-14-21(15)25(23,24)18-12-10-16(11-13-18)19(22)20-17-8-3-2-4-9-17/h2-4,8-13,15H,5-7,14H2,1H3,(H,20,22). The number of sulfonamides is 1. The molecule has 1 aliphatic rings. The molecular weight excluding hydrogens is 336 g/mol. The Morgan fingerprint density at radius 3 is 2.36 bits per heavy atom. The largest absolute Gasteiger partial charge is 0.322 e. The number of hydrogen-bond donors (Lipinski definition) is 1. The highest BCUT2D eigenvalue weighted by atomic mass is 32.2. The maximum absolute atomic E-state index is 12.8. The average molecular weight is 358 g/mol. The molecule has 0 saturated carbocycles. The molecule has 0 radical (unpaired) electrons. The average Bonchev–Trinajstić information content (AvgIpc) is 2.63. The molecule has 3 rings (SSSR count). The fourth-order valence-corrected chi connectivity index (χ4v) is 4.77. The zero-order chi connectivity index (χ0) is 17.9. The van der Waals surface area contributed by atoms with Crippen molar-refractivity contribution >= 4 is 21.6 Å². The Balaban J connectivity index is 1.76. The number of benzene rings is 2. The van der Waals surface area contributed by atoms with E-state index in [0.717, 1.165) is 19.3 Å². The van der Waals surface area contributed by atoms with Crippen molar-refractivity contribution in [1.29, 1.82) is 0 Å². The van der Waals surface area contributed by atoms with Crippen molar-refractivity contribution in [2.45, 2.75) is 37.1 Å². The van der Waals surface area contributed by atoms with Crippen LogP contribution in [0.5, 0.6) is 0 Å². The van der Waals surface area contributed by atoms with E-state index in [-0.39, 0.29) is 16.8 Å². The van der Waals surface area contributed by atoms with Crippen LogP contribution in [0.25, 0.3) is 0 Å². The number of nitrogens with one attached hydrogen (secondary N) is 1. The van der Waals surface area contributed by atoms with Gasteiger partial charge in [-0.2, -0.15) is 4.31 Å². The van der Waals surface area contributed by atoms with Crippen LogP contribution < -0.4 is 5.32 Å². The van der Waals surface area contributed by atoms with Crippen molar-refractivity contribution in [3.63, 3.8) is 0 Å². The van der Waals surface area contributed by atoms with Crippen LogP contribution >= 0.6 is 0 Å². The first-order chi connectivity index (χ1) is 12.0. The van der Waals surface area contributed by atoms with Gasteiger partial charge in [0.2, 0.25) is 10.0 Å². The van der Waals surface area contributed by atoms with Crippen LogP contribution in [0, 0.1) is 0 Å². The topological polar surface area (TPSA) is 66.5 Å². The minimum atomic E-state index is -3.51. The number of piperidine rings is 1. The summed E-state index contributed by atoms with van der Waals surface area (Å²) in [5.74, 6) is -0.263. The van der Waals surface area contributed by atoms with E-state index in [0.29, 0.717) is 17.8 Å². The van der Waals surface area contributed by atoms with E-state index in [4.69, 9.17) is 0 Å². The van der Waals surface area contributed by atoms with E-state index in [1.165, 1.54) is 12.1 Å². The predicted molar refractivity (Wildman–Crippen MR) is 98.0 cm³/mol. The Hall–Kier alpha value is -2.18. The van der Waals surface area contributed by atoms with Gasteiger partial charge in [0.25, 0.3) is 5.91 Å². The van der Waals surface area contributed by atoms with Gasteiger partial charge in [0.15, 0.2) is 0 Å². The van der Waals surface area contributed by atoms with Crippen molar-refractivity contribution in [2.24, 2.45) is 0 Å². The molecule has 0 spiro atoms. The summed E-state index contributed by atoms with van der Waals surface area (Å²) in [5.41, 5.74) is 1.13. The van der Waals surface area contributed by atoms with Gasteiger partial charge < -0.3 is 5.32 Å². The van der Waals surface area contributed by atoms with Gasteiger partial charge in [-0.3, -0.25) is 4.79 Å². The summed E-state index contributed by atoms with van der Waals surface area (Å²) in [4.78, 5) is 12.5. The molecule has 1 saturated heterocycles. The van der Waals surface area contributed by atoms with Crippen LogP contribution in [-0.2, 0) is 10.0 Å². The number of carbonyl (C=O) groups excluding carboxylic acids is 1. The first-order valence-electron chi connectivity index (χ1n) is 8.47. The van der Waals surface area contributed by atoms with Crippen molar-refractivity contribution in [2.75, 3.05) is 11.9 Å². The summed E-state index contributed by atoms with van der Waals surface area (Å²) in [6, 6.07) is 15.3. The van der Waals surface area contributed by atoms with Crippen molar-refractivity contribution in [3.05, 3.63) is 60.2 Å². The van der Waals surface area contributed by atoms with Gasteiger partial charge in [-0.15, -0.1) is 0 Å². The second-order valence-corrected chi connectivity index (χ2v) is 8.20. The molecule has 1 atom stereocenters. The molecule has 1 unspecified atom stereocenters. The molecule has 1 heterocycles. The van der Waals surface area contributed by atoms with E-state index < -0.39 is 10.0 Å². The highest BCUT2D eigenvalue weighted by molar-refractivity contribution is 7.89. The third-order valence-electron chi connectivity index (χ3n) is 4.50. The number of anilines is 1. The summed E-state index contributed by atoms with van der Waals surface area (Å²) in [6.45, 7) is 2.50. The van der Waals surface area contributed by atoms with Crippen LogP contribution in [-0.4, -0.2) is 31.2 Å². The molecule has 2 aromatic rings. The zero-order valence-corrected chi connectivity index (χ0v) is 15.0. The van der Waals surface area contributed by atoms with Crippen LogP contribution in [0.15, 0.2) is 59.5 Å². The third-order valence-corrected chi connectivity index (χ3v) is 6.52. The maximum atomic E-state index is 12.8. The van der Waals surface area contributed by atoms with Gasteiger partial charge in [0.1, 0.15) is 0 Å². The second-order valence-electron chi connectivity index (χ2n) is 6.31. The molecule has 1 aliphatic heterocycles. The lowest BCUT2D eigenvalue weighted by atomic mass is 10.1. The predicted octanol–water partition coefficient (Wildman–Crippen LogP) is 3.50. The lowest BCUT2D eigenvalue weighted by Gasteiger charge is -2.32. The molecule has 1 amide bonds. The molecule has 0 aliphatic carbocycles. The van der Waals surface area contributed by atoms with E-state index in [1.54, 1.807) is 28.6 Å². The molecule has 25 heavy (non-hydrogen) atoms. The van der Waals surface area contributed by atoms with E-state index in [9.17, 15) is 13.2 Å². The summed E-state index contributed by atoms with van der Waals surface area (Å²) >= 11 is 0. The molecule has 1 N–H and O–H groups in total. The van der Waals surface area contributed by atoms with Gasteiger partial charge in [-0.1, -0.05) is 24.6 Å². The van der Waals surface area contributed by atoms with Crippen molar-refractivity contribution in [1.82, 2.24) is 4.31 Å². The molecule has 6 heteroatoms. The Morgan fingerprint density at radius 1 is 1.04 bits per heavy atom. The SMILES string of the molecule is CC1CCCCN1S(=O)(=O)c1ccc(C(=O)Nc2ccccc2)cc1. The van der Waals surface area contributed by atoms with Crippen LogP contribution in [0.3, 0.4) is 0 Å². The lowest BCUT2D eigenvalue weighted by molar-refractivity contribution is 0.102. The second kappa shape index (κ2) is 7.37. The molecular formula is C19H22N2O3S. The number of rotatable bonds is 4. The minimum Gasteiger partial charge on any atom is -0.322 e. The van der Waals surface area contributed by atoms with Gasteiger partial charge in [0.05, 0.1) is 4.90 Å². The maximum Gasteiger partial charge on any atom is 0.255 e. The Morgan fingerprint density at radius 2 is 1.72 bits per heavy atom. The number of hydrogen-bond acceptors (Lipinski definition) is 3. The highest BCUT2D eigenvalue weighted by Gasteiger charge is 2.30. The summed E-state index contributed by atoms with van der Waals surface area (Å²) < 4.78 is 27.2. The molecule has 5 nitrogen and oxygen atoms in total. The zero-order valence-electron chi connectivity index (χ0n) is 14.2. The fourth-order valence-electron chi connectivity index (χ4n) is 3.07. The summed E-state index contributed by atoms with van der Waals surface area (Å²) in [7, 11) is -3.51. The van der Waals surface area contributed by atoms with Crippen LogP contribution in [0.4, 0.5) is 5.69 Å². The normalized spacial score (nSPS) is 18.7. The Labute approximate surface area is 148 Å². The first-order valence-corrected chi connectivity index (χ1v) is 9.91. The quantitative estimate of drug-likeness (QED) is 0.910. The Kier molecular flexibility index (Phi) is 5.20.